The van der Waals surface area contributed by atoms with Crippen molar-refractivity contribution >= 4 is 5.97 Å². The van der Waals surface area contributed by atoms with E-state index in [2.05, 4.69) is 4.98 Å². The fraction of sp³-hybridized carbons (Fsp3) is 0.267. The molecule has 4 aromatic rings. The van der Waals surface area contributed by atoms with Crippen molar-refractivity contribution in [1.82, 2.24) is 9.88 Å². The molecule has 0 amide bonds. The van der Waals surface area contributed by atoms with Crippen LogP contribution >= 0.6 is 0 Å². The van der Waals surface area contributed by atoms with Crippen LogP contribution < -0.4 is 9.47 Å². The number of ether oxygens (including phenoxy) is 2. The lowest BCUT2D eigenvalue weighted by Crippen LogP contribution is -2.45. The number of hydrogen-bond acceptors (Lipinski definition) is 6. The van der Waals surface area contributed by atoms with Crippen LogP contribution in [-0.2, 0) is 30.7 Å². The van der Waals surface area contributed by atoms with Gasteiger partial charge < -0.3 is 19.0 Å². The highest BCUT2D eigenvalue weighted by Crippen LogP contribution is 2.36. The molecule has 3 aromatic carbocycles. The van der Waals surface area contributed by atoms with Crippen molar-refractivity contribution in [3.63, 3.8) is 0 Å². The van der Waals surface area contributed by atoms with E-state index in [0.29, 0.717) is 49.9 Å². The fourth-order valence-electron chi connectivity index (χ4n) is 4.77. The van der Waals surface area contributed by atoms with Gasteiger partial charge in [-0.2, -0.15) is 0 Å². The molecular weight excluding hydrogens is 468 g/mol. The van der Waals surface area contributed by atoms with Crippen LogP contribution in [0.1, 0.15) is 28.1 Å². The molecule has 190 valence electrons. The summed E-state index contributed by atoms with van der Waals surface area (Å²) >= 11 is 0. The van der Waals surface area contributed by atoms with Crippen molar-refractivity contribution in [2.24, 2.45) is 0 Å². The number of fused-ring (bicyclic) bond motifs is 1. The number of aryl methyl sites for hydroxylation is 1. The van der Waals surface area contributed by atoms with Crippen LogP contribution in [0.5, 0.6) is 11.5 Å². The molecule has 1 unspecified atom stereocenters. The van der Waals surface area contributed by atoms with Crippen molar-refractivity contribution in [3.8, 4) is 23.0 Å². The molecule has 0 saturated carbocycles. The van der Waals surface area contributed by atoms with Crippen molar-refractivity contribution in [3.05, 3.63) is 101 Å². The number of hydrogen-bond donors (Lipinski definition) is 1. The van der Waals surface area contributed by atoms with Gasteiger partial charge in [0.2, 0.25) is 5.89 Å². The quantitative estimate of drug-likeness (QED) is 0.336. The molecule has 7 nitrogen and oxygen atoms in total. The Hall–Kier alpha value is -4.10. The van der Waals surface area contributed by atoms with Crippen molar-refractivity contribution in [2.45, 2.75) is 38.9 Å². The Morgan fingerprint density at radius 3 is 2.46 bits per heavy atom. The fourth-order valence-corrected chi connectivity index (χ4v) is 4.77. The molecule has 37 heavy (non-hydrogen) atoms. The third-order valence-electron chi connectivity index (χ3n) is 6.74. The maximum Gasteiger partial charge on any atom is 0.321 e. The van der Waals surface area contributed by atoms with E-state index in [-0.39, 0.29) is 0 Å². The lowest BCUT2D eigenvalue weighted by Gasteiger charge is -2.35. The minimum absolute atomic E-state index is 0.388. The smallest absolute Gasteiger partial charge is 0.321 e. The summed E-state index contributed by atoms with van der Waals surface area (Å²) in [6, 6.07) is 23.0. The van der Waals surface area contributed by atoms with E-state index >= 15 is 0 Å². The summed E-state index contributed by atoms with van der Waals surface area (Å²) in [6.45, 7) is 3.39. The zero-order chi connectivity index (χ0) is 25.8. The van der Waals surface area contributed by atoms with Crippen LogP contribution in [0.15, 0.2) is 77.2 Å². The highest BCUT2D eigenvalue weighted by Gasteiger charge is 2.32. The molecule has 5 rings (SSSR count). The predicted molar refractivity (Wildman–Crippen MR) is 140 cm³/mol. The molecule has 0 saturated heterocycles. The van der Waals surface area contributed by atoms with Crippen molar-refractivity contribution in [2.75, 3.05) is 13.7 Å². The Morgan fingerprint density at radius 2 is 1.76 bits per heavy atom. The van der Waals surface area contributed by atoms with Gasteiger partial charge in [-0.15, -0.1) is 0 Å². The van der Waals surface area contributed by atoms with Crippen LogP contribution in [0, 0.1) is 6.92 Å². The number of benzene rings is 3. The molecule has 0 radical (unpaired) electrons. The van der Waals surface area contributed by atoms with E-state index < -0.39 is 12.0 Å². The summed E-state index contributed by atoms with van der Waals surface area (Å²) in [5, 5.41) is 9.95. The maximum atomic E-state index is 12.1. The van der Waals surface area contributed by atoms with Crippen molar-refractivity contribution in [1.29, 1.82) is 0 Å². The first-order valence-corrected chi connectivity index (χ1v) is 12.4. The average molecular weight is 499 g/mol. The molecule has 1 atom stereocenters. The van der Waals surface area contributed by atoms with Crippen LogP contribution in [0.4, 0.5) is 0 Å². The van der Waals surface area contributed by atoms with E-state index in [0.717, 1.165) is 33.7 Å². The summed E-state index contributed by atoms with van der Waals surface area (Å²) < 4.78 is 17.6. The third-order valence-corrected chi connectivity index (χ3v) is 6.74. The summed E-state index contributed by atoms with van der Waals surface area (Å²) in [5.74, 6) is 1.78. The summed E-state index contributed by atoms with van der Waals surface area (Å²) in [5.41, 5.74) is 4.89. The van der Waals surface area contributed by atoms with Gasteiger partial charge in [-0.1, -0.05) is 48.5 Å². The van der Waals surface area contributed by atoms with E-state index in [1.54, 1.807) is 7.11 Å². The lowest BCUT2D eigenvalue weighted by atomic mass is 9.92. The van der Waals surface area contributed by atoms with Crippen LogP contribution in [0.25, 0.3) is 11.5 Å². The van der Waals surface area contributed by atoms with Gasteiger partial charge in [0.1, 0.15) is 11.8 Å². The van der Waals surface area contributed by atoms with Crippen LogP contribution in [0.3, 0.4) is 0 Å². The molecule has 2 heterocycles. The Balaban J connectivity index is 1.30. The number of nitrogens with zero attached hydrogens (tertiary/aromatic N) is 2. The number of aliphatic carboxylic acids is 1. The molecule has 0 bridgehead atoms. The summed E-state index contributed by atoms with van der Waals surface area (Å²) in [7, 11) is 1.62. The van der Waals surface area contributed by atoms with Crippen LogP contribution in [0.2, 0.25) is 0 Å². The normalized spacial score (nSPS) is 15.2. The van der Waals surface area contributed by atoms with Gasteiger partial charge in [0, 0.05) is 25.1 Å². The standard InChI is InChI=1S/C30H30N2O5/c1-20-25(31-29(37-20)22-11-7-4-8-12-22)13-14-36-28-16-23-15-26(30(33)34)32(18-21-9-5-3-6-10-21)19-24(23)17-27(28)35-2/h3-12,16-17,26H,13-15,18-19H2,1-2H3,(H,33,34). The highest BCUT2D eigenvalue weighted by molar-refractivity contribution is 5.74. The van der Waals surface area contributed by atoms with Gasteiger partial charge in [0.05, 0.1) is 19.4 Å². The van der Waals surface area contributed by atoms with Gasteiger partial charge in [-0.05, 0) is 54.3 Å². The Labute approximate surface area is 216 Å². The first-order chi connectivity index (χ1) is 18.0. The number of aromatic nitrogens is 1. The zero-order valence-electron chi connectivity index (χ0n) is 21.0. The summed E-state index contributed by atoms with van der Waals surface area (Å²) in [4.78, 5) is 18.8. The molecular formula is C30H30N2O5. The molecule has 0 spiro atoms. The lowest BCUT2D eigenvalue weighted by molar-refractivity contribution is -0.144. The second-order valence-electron chi connectivity index (χ2n) is 9.21. The predicted octanol–water partition coefficient (Wildman–Crippen LogP) is 5.29. The van der Waals surface area contributed by atoms with E-state index in [4.69, 9.17) is 13.9 Å². The second-order valence-corrected chi connectivity index (χ2v) is 9.21. The number of carbonyl (C=O) groups is 1. The number of methoxy groups -OCH3 is 1. The Bertz CT molecular complexity index is 1370. The average Bonchev–Trinajstić information content (AvgIpc) is 3.29. The van der Waals surface area contributed by atoms with E-state index in [1.165, 1.54) is 0 Å². The molecule has 0 fully saturated rings. The summed E-state index contributed by atoms with van der Waals surface area (Å²) in [6.07, 6.45) is 0.978. The zero-order valence-corrected chi connectivity index (χ0v) is 21.0. The topological polar surface area (TPSA) is 85.0 Å². The Morgan fingerprint density at radius 1 is 1.05 bits per heavy atom. The number of carboxylic acids is 1. The second kappa shape index (κ2) is 10.9. The first kappa shape index (κ1) is 24.6. The number of rotatable bonds is 9. The van der Waals surface area contributed by atoms with Crippen molar-refractivity contribution < 1.29 is 23.8 Å². The van der Waals surface area contributed by atoms with E-state index in [9.17, 15) is 9.90 Å². The molecule has 7 heteroatoms. The molecule has 1 aromatic heterocycles. The molecule has 1 aliphatic rings. The molecule has 0 aliphatic carbocycles. The Kier molecular flexibility index (Phi) is 7.23. The SMILES string of the molecule is COc1cc2c(cc1OCCc1nc(-c3ccccc3)oc1C)CC(C(=O)O)N(Cc1ccccc1)C2. The first-order valence-electron chi connectivity index (χ1n) is 12.4. The van der Waals surface area contributed by atoms with E-state index in [1.807, 2.05) is 84.6 Å². The molecule has 1 N–H and O–H groups in total. The minimum atomic E-state index is -0.824. The van der Waals surface area contributed by atoms with Gasteiger partial charge >= 0.3 is 5.97 Å². The number of carboxylic acid groups (broad SMARTS) is 1. The molecule has 1 aliphatic heterocycles. The number of oxazole rings is 1. The van der Waals surface area contributed by atoms with Gasteiger partial charge in [0.15, 0.2) is 11.5 Å². The largest absolute Gasteiger partial charge is 0.493 e. The van der Waals surface area contributed by atoms with Crippen LogP contribution in [-0.4, -0.2) is 40.7 Å². The maximum absolute atomic E-state index is 12.1. The monoisotopic (exact) mass is 498 g/mol. The van der Waals surface area contributed by atoms with Gasteiger partial charge in [0.25, 0.3) is 0 Å². The minimum Gasteiger partial charge on any atom is -0.493 e. The van der Waals surface area contributed by atoms with Gasteiger partial charge in [-0.25, -0.2) is 4.98 Å². The third kappa shape index (κ3) is 5.52. The van der Waals surface area contributed by atoms with Gasteiger partial charge in [-0.3, -0.25) is 9.69 Å². The highest BCUT2D eigenvalue weighted by atomic mass is 16.5.